The number of carbonyl (C=O) groups is 1. The van der Waals surface area contributed by atoms with Crippen LogP contribution in [0.5, 0.6) is 17.2 Å². The lowest BCUT2D eigenvalue weighted by Crippen LogP contribution is -2.50. The van der Waals surface area contributed by atoms with Gasteiger partial charge >= 0.3 is 0 Å². The van der Waals surface area contributed by atoms with Gasteiger partial charge in [0.15, 0.2) is 11.5 Å². The molecule has 7 heteroatoms. The molecule has 0 aliphatic carbocycles. The highest BCUT2D eigenvalue weighted by Crippen LogP contribution is 2.30. The van der Waals surface area contributed by atoms with Crippen LogP contribution in [-0.4, -0.2) is 69.9 Å². The number of anilines is 1. The van der Waals surface area contributed by atoms with Crippen LogP contribution in [0.3, 0.4) is 0 Å². The molecule has 1 N–H and O–H groups in total. The van der Waals surface area contributed by atoms with Crippen molar-refractivity contribution in [2.24, 2.45) is 0 Å². The molecule has 29 heavy (non-hydrogen) atoms. The molecular formula is C22H27N3O4. The molecule has 4 rings (SSSR count). The number of nitrogens with zero attached hydrogens (tertiary/aromatic N) is 2. The van der Waals surface area contributed by atoms with Crippen LogP contribution in [0.4, 0.5) is 5.69 Å². The van der Waals surface area contributed by atoms with Gasteiger partial charge in [-0.05, 0) is 36.4 Å². The van der Waals surface area contributed by atoms with Gasteiger partial charge < -0.3 is 24.4 Å². The van der Waals surface area contributed by atoms with Gasteiger partial charge in [-0.1, -0.05) is 12.1 Å². The Morgan fingerprint density at radius 3 is 2.52 bits per heavy atom. The predicted octanol–water partition coefficient (Wildman–Crippen LogP) is 1.77. The Balaban J connectivity index is 1.18. The van der Waals surface area contributed by atoms with Crippen molar-refractivity contribution >= 4 is 11.6 Å². The summed E-state index contributed by atoms with van der Waals surface area (Å²) < 4.78 is 16.8. The number of benzene rings is 2. The Labute approximate surface area is 171 Å². The Kier molecular flexibility index (Phi) is 6.05. The number of piperazine rings is 1. The molecule has 2 aliphatic heterocycles. The van der Waals surface area contributed by atoms with Crippen molar-refractivity contribution < 1.29 is 19.0 Å². The fraction of sp³-hybridized carbons (Fsp3) is 0.409. The van der Waals surface area contributed by atoms with Crippen LogP contribution >= 0.6 is 0 Å². The minimum atomic E-state index is -0.166. The summed E-state index contributed by atoms with van der Waals surface area (Å²) in [6.45, 7) is 4.80. The standard InChI is InChI=1S/C22H27N3O4/c1-27-18-8-6-17(7-9-18)25-12-10-24(11-13-25)15-22(26)23-14-19-16-28-20-4-2-3-5-21(20)29-19/h2-9,19H,10-16H2,1H3,(H,23,26). The van der Waals surface area contributed by atoms with Crippen LogP contribution in [-0.2, 0) is 4.79 Å². The SMILES string of the molecule is COc1ccc(N2CCN(CC(=O)NCC3COc4ccccc4O3)CC2)cc1. The summed E-state index contributed by atoms with van der Waals surface area (Å²) in [5, 5.41) is 2.97. The molecule has 0 radical (unpaired) electrons. The monoisotopic (exact) mass is 397 g/mol. The van der Waals surface area contributed by atoms with Crippen molar-refractivity contribution in [1.82, 2.24) is 10.2 Å². The number of carbonyl (C=O) groups excluding carboxylic acids is 1. The van der Waals surface area contributed by atoms with Gasteiger partial charge in [0.1, 0.15) is 18.5 Å². The van der Waals surface area contributed by atoms with Gasteiger partial charge in [-0.25, -0.2) is 0 Å². The van der Waals surface area contributed by atoms with E-state index < -0.39 is 0 Å². The highest BCUT2D eigenvalue weighted by atomic mass is 16.6. The molecule has 2 aliphatic rings. The third-order valence-corrected chi connectivity index (χ3v) is 5.27. The number of nitrogens with one attached hydrogen (secondary N) is 1. The molecule has 0 spiro atoms. The Hall–Kier alpha value is -2.93. The van der Waals surface area contributed by atoms with E-state index in [2.05, 4.69) is 27.2 Å². The summed E-state index contributed by atoms with van der Waals surface area (Å²) in [5.74, 6) is 2.36. The number of fused-ring (bicyclic) bond motifs is 1. The fourth-order valence-electron chi connectivity index (χ4n) is 3.61. The van der Waals surface area contributed by atoms with E-state index in [0.717, 1.165) is 43.4 Å². The minimum Gasteiger partial charge on any atom is -0.497 e. The zero-order chi connectivity index (χ0) is 20.1. The lowest BCUT2D eigenvalue weighted by molar-refractivity contribution is -0.122. The first-order valence-corrected chi connectivity index (χ1v) is 9.98. The second-order valence-electron chi connectivity index (χ2n) is 7.26. The number of hydrogen-bond acceptors (Lipinski definition) is 6. The van der Waals surface area contributed by atoms with Crippen molar-refractivity contribution in [2.75, 3.05) is 57.9 Å². The van der Waals surface area contributed by atoms with Crippen LogP contribution in [0, 0.1) is 0 Å². The summed E-state index contributed by atoms with van der Waals surface area (Å²) >= 11 is 0. The number of hydrogen-bond donors (Lipinski definition) is 1. The van der Waals surface area contributed by atoms with Gasteiger partial charge in [-0.15, -0.1) is 0 Å². The van der Waals surface area contributed by atoms with Crippen LogP contribution in [0.15, 0.2) is 48.5 Å². The van der Waals surface area contributed by atoms with Gasteiger partial charge in [0.2, 0.25) is 5.91 Å². The van der Waals surface area contributed by atoms with Crippen LogP contribution < -0.4 is 24.4 Å². The normalized spacial score (nSPS) is 18.9. The van der Waals surface area contributed by atoms with E-state index in [0.29, 0.717) is 19.7 Å². The van der Waals surface area contributed by atoms with E-state index in [9.17, 15) is 4.79 Å². The molecule has 2 aromatic carbocycles. The van der Waals surface area contributed by atoms with Crippen molar-refractivity contribution in [2.45, 2.75) is 6.10 Å². The first-order chi connectivity index (χ1) is 14.2. The predicted molar refractivity (Wildman–Crippen MR) is 111 cm³/mol. The molecule has 1 amide bonds. The number of rotatable bonds is 6. The van der Waals surface area contributed by atoms with E-state index in [-0.39, 0.29) is 12.0 Å². The highest BCUT2D eigenvalue weighted by Gasteiger charge is 2.23. The zero-order valence-corrected chi connectivity index (χ0v) is 16.7. The molecule has 1 fully saturated rings. The number of ether oxygens (including phenoxy) is 3. The molecule has 7 nitrogen and oxygen atoms in total. The molecule has 0 saturated carbocycles. The second kappa shape index (κ2) is 9.05. The van der Waals surface area contributed by atoms with Crippen molar-refractivity contribution in [3.63, 3.8) is 0 Å². The topological polar surface area (TPSA) is 63.3 Å². The second-order valence-corrected chi connectivity index (χ2v) is 7.26. The van der Waals surface area contributed by atoms with Crippen LogP contribution in [0.2, 0.25) is 0 Å². The maximum absolute atomic E-state index is 12.3. The zero-order valence-electron chi connectivity index (χ0n) is 16.7. The van der Waals surface area contributed by atoms with Gasteiger partial charge in [-0.3, -0.25) is 9.69 Å². The Bertz CT molecular complexity index is 819. The van der Waals surface area contributed by atoms with E-state index >= 15 is 0 Å². The average molecular weight is 397 g/mol. The lowest BCUT2D eigenvalue weighted by atomic mass is 10.2. The first-order valence-electron chi connectivity index (χ1n) is 9.98. The molecule has 154 valence electrons. The molecule has 1 atom stereocenters. The Morgan fingerprint density at radius 2 is 1.79 bits per heavy atom. The van der Waals surface area contributed by atoms with Gasteiger partial charge in [-0.2, -0.15) is 0 Å². The van der Waals surface area contributed by atoms with Crippen LogP contribution in [0.25, 0.3) is 0 Å². The summed E-state index contributed by atoms with van der Waals surface area (Å²) in [6, 6.07) is 15.7. The van der Waals surface area contributed by atoms with E-state index in [1.807, 2.05) is 36.4 Å². The third-order valence-electron chi connectivity index (χ3n) is 5.27. The number of amides is 1. The average Bonchev–Trinajstić information content (AvgIpc) is 2.78. The fourth-order valence-corrected chi connectivity index (χ4v) is 3.61. The molecule has 1 unspecified atom stereocenters. The maximum Gasteiger partial charge on any atom is 0.234 e. The largest absolute Gasteiger partial charge is 0.497 e. The van der Waals surface area contributed by atoms with Gasteiger partial charge in [0.25, 0.3) is 0 Å². The maximum atomic E-state index is 12.3. The molecular weight excluding hydrogens is 370 g/mol. The smallest absolute Gasteiger partial charge is 0.234 e. The third kappa shape index (κ3) is 4.92. The summed E-state index contributed by atoms with van der Waals surface area (Å²) in [5.41, 5.74) is 1.18. The number of para-hydroxylation sites is 2. The molecule has 0 bridgehead atoms. The van der Waals surface area contributed by atoms with Crippen molar-refractivity contribution in [3.05, 3.63) is 48.5 Å². The molecule has 0 aromatic heterocycles. The lowest BCUT2D eigenvalue weighted by Gasteiger charge is -2.35. The molecule has 2 aromatic rings. The van der Waals surface area contributed by atoms with Crippen molar-refractivity contribution in [1.29, 1.82) is 0 Å². The summed E-state index contributed by atoms with van der Waals surface area (Å²) in [4.78, 5) is 16.9. The summed E-state index contributed by atoms with van der Waals surface area (Å²) in [7, 11) is 1.67. The Morgan fingerprint density at radius 1 is 1.07 bits per heavy atom. The highest BCUT2D eigenvalue weighted by molar-refractivity contribution is 5.78. The quantitative estimate of drug-likeness (QED) is 0.802. The van der Waals surface area contributed by atoms with E-state index in [4.69, 9.17) is 14.2 Å². The van der Waals surface area contributed by atoms with Crippen molar-refractivity contribution in [3.8, 4) is 17.2 Å². The van der Waals surface area contributed by atoms with Gasteiger partial charge in [0, 0.05) is 31.9 Å². The minimum absolute atomic E-state index is 0.0188. The number of methoxy groups -OCH3 is 1. The molecule has 2 heterocycles. The van der Waals surface area contributed by atoms with Gasteiger partial charge in [0.05, 0.1) is 20.2 Å². The molecule has 1 saturated heterocycles. The van der Waals surface area contributed by atoms with Crippen LogP contribution in [0.1, 0.15) is 0 Å². The van der Waals surface area contributed by atoms with E-state index in [1.54, 1.807) is 7.11 Å². The van der Waals surface area contributed by atoms with E-state index in [1.165, 1.54) is 5.69 Å². The summed E-state index contributed by atoms with van der Waals surface area (Å²) in [6.07, 6.45) is -0.166. The first kappa shape index (κ1) is 19.4.